The van der Waals surface area contributed by atoms with E-state index in [0.717, 1.165) is 6.54 Å². The van der Waals surface area contributed by atoms with Crippen LogP contribution in [-0.4, -0.2) is 56.5 Å². The van der Waals surface area contributed by atoms with Crippen molar-refractivity contribution in [3.63, 3.8) is 0 Å². The van der Waals surface area contributed by atoms with E-state index < -0.39 is 9.84 Å². The van der Waals surface area contributed by atoms with E-state index in [1.165, 1.54) is 12.8 Å². The lowest BCUT2D eigenvalue weighted by atomic mass is 10.2. The van der Waals surface area contributed by atoms with Crippen molar-refractivity contribution in [2.75, 3.05) is 31.1 Å². The molecular formula is C12H26N2O2S. The zero-order valence-electron chi connectivity index (χ0n) is 11.3. The molecule has 4 nitrogen and oxygen atoms in total. The molecule has 17 heavy (non-hydrogen) atoms. The van der Waals surface area contributed by atoms with Gasteiger partial charge in [-0.25, -0.2) is 8.42 Å². The third kappa shape index (κ3) is 5.36. The van der Waals surface area contributed by atoms with Gasteiger partial charge in [0.25, 0.3) is 0 Å². The molecule has 5 heteroatoms. The maximum Gasteiger partial charge on any atom is 0.152 e. The summed E-state index contributed by atoms with van der Waals surface area (Å²) in [5.74, 6) is 0.643. The van der Waals surface area contributed by atoms with Crippen molar-refractivity contribution < 1.29 is 8.42 Å². The fraction of sp³-hybridized carbons (Fsp3) is 1.00. The molecule has 2 atom stereocenters. The summed E-state index contributed by atoms with van der Waals surface area (Å²) in [6, 6.07) is 0.973. The zero-order valence-corrected chi connectivity index (χ0v) is 12.1. The Labute approximate surface area is 106 Å². The van der Waals surface area contributed by atoms with E-state index in [0.29, 0.717) is 36.7 Å². The van der Waals surface area contributed by atoms with Gasteiger partial charge in [0.15, 0.2) is 9.84 Å². The largest absolute Gasteiger partial charge is 0.313 e. The van der Waals surface area contributed by atoms with Crippen molar-refractivity contribution >= 4 is 9.84 Å². The summed E-state index contributed by atoms with van der Waals surface area (Å²) < 4.78 is 22.7. The smallest absolute Gasteiger partial charge is 0.152 e. The lowest BCUT2D eigenvalue weighted by Gasteiger charge is -2.33. The number of nitrogens with zero attached hydrogens (tertiary/aromatic N) is 1. The van der Waals surface area contributed by atoms with Gasteiger partial charge in [-0.15, -0.1) is 0 Å². The Morgan fingerprint density at radius 2 is 1.82 bits per heavy atom. The van der Waals surface area contributed by atoms with E-state index in [2.05, 4.69) is 31.0 Å². The van der Waals surface area contributed by atoms with Gasteiger partial charge in [-0.05, 0) is 20.3 Å². The van der Waals surface area contributed by atoms with E-state index in [1.807, 2.05) is 0 Å². The van der Waals surface area contributed by atoms with Gasteiger partial charge in [0.1, 0.15) is 0 Å². The number of nitrogens with one attached hydrogen (secondary N) is 1. The third-order valence-corrected chi connectivity index (χ3v) is 5.09. The fourth-order valence-corrected chi connectivity index (χ4v) is 3.43. The van der Waals surface area contributed by atoms with Crippen LogP contribution in [0.3, 0.4) is 0 Å². The Hall–Kier alpha value is -0.130. The highest BCUT2D eigenvalue weighted by Crippen LogP contribution is 2.07. The summed E-state index contributed by atoms with van der Waals surface area (Å²) >= 11 is 0. The highest BCUT2D eigenvalue weighted by atomic mass is 32.2. The monoisotopic (exact) mass is 262 g/mol. The van der Waals surface area contributed by atoms with Crippen molar-refractivity contribution in [3.8, 4) is 0 Å². The highest BCUT2D eigenvalue weighted by molar-refractivity contribution is 7.91. The van der Waals surface area contributed by atoms with Crippen LogP contribution in [-0.2, 0) is 9.84 Å². The van der Waals surface area contributed by atoms with Gasteiger partial charge in [0, 0.05) is 31.7 Å². The molecule has 102 valence electrons. The summed E-state index contributed by atoms with van der Waals surface area (Å²) in [7, 11) is -2.75. The van der Waals surface area contributed by atoms with Gasteiger partial charge in [0.2, 0.25) is 0 Å². The standard InChI is InChI=1S/C12H26N2O2S/c1-4-5-11(2)13-10-12(3)14-6-8-17(15,16)9-7-14/h11-13H,4-10H2,1-3H3. The molecule has 0 bridgehead atoms. The molecule has 0 aromatic rings. The normalized spacial score (nSPS) is 24.4. The second-order valence-electron chi connectivity index (χ2n) is 5.13. The average molecular weight is 262 g/mol. The minimum atomic E-state index is -2.75. The number of rotatable bonds is 6. The topological polar surface area (TPSA) is 49.4 Å². The van der Waals surface area contributed by atoms with Crippen molar-refractivity contribution in [2.24, 2.45) is 0 Å². The molecule has 1 aliphatic rings. The van der Waals surface area contributed by atoms with Crippen LogP contribution >= 0.6 is 0 Å². The van der Waals surface area contributed by atoms with Crippen LogP contribution in [0, 0.1) is 0 Å². The van der Waals surface area contributed by atoms with Crippen LogP contribution in [0.1, 0.15) is 33.6 Å². The summed E-state index contributed by atoms with van der Waals surface area (Å²) in [6.45, 7) is 8.89. The molecule has 1 heterocycles. The third-order valence-electron chi connectivity index (χ3n) is 3.49. The summed E-state index contributed by atoms with van der Waals surface area (Å²) in [5, 5.41) is 3.51. The van der Waals surface area contributed by atoms with Crippen molar-refractivity contribution in [1.82, 2.24) is 10.2 Å². The maximum absolute atomic E-state index is 11.3. The first-order valence-electron chi connectivity index (χ1n) is 6.62. The van der Waals surface area contributed by atoms with Crippen LogP contribution in [0.15, 0.2) is 0 Å². The fourth-order valence-electron chi connectivity index (χ4n) is 2.20. The van der Waals surface area contributed by atoms with Crippen LogP contribution < -0.4 is 5.32 Å². The Morgan fingerprint density at radius 1 is 1.24 bits per heavy atom. The van der Waals surface area contributed by atoms with Crippen LogP contribution in [0.4, 0.5) is 0 Å². The molecule has 1 aliphatic heterocycles. The second-order valence-corrected chi connectivity index (χ2v) is 7.44. The van der Waals surface area contributed by atoms with E-state index in [9.17, 15) is 8.42 Å². The molecule has 0 aromatic heterocycles. The molecule has 1 N–H and O–H groups in total. The quantitative estimate of drug-likeness (QED) is 0.772. The van der Waals surface area contributed by atoms with E-state index in [4.69, 9.17) is 0 Å². The molecular weight excluding hydrogens is 236 g/mol. The predicted octanol–water partition coefficient (Wildman–Crippen LogP) is 0.884. The second kappa shape index (κ2) is 6.71. The molecule has 0 spiro atoms. The zero-order chi connectivity index (χ0) is 12.9. The lowest BCUT2D eigenvalue weighted by Crippen LogP contribution is -2.49. The van der Waals surface area contributed by atoms with Crippen LogP contribution in [0.5, 0.6) is 0 Å². The van der Waals surface area contributed by atoms with Gasteiger partial charge in [-0.2, -0.15) is 0 Å². The van der Waals surface area contributed by atoms with Crippen molar-refractivity contribution in [3.05, 3.63) is 0 Å². The van der Waals surface area contributed by atoms with Gasteiger partial charge >= 0.3 is 0 Å². The maximum atomic E-state index is 11.3. The molecule has 1 saturated heterocycles. The number of hydrogen-bond acceptors (Lipinski definition) is 4. The summed E-state index contributed by atoms with van der Waals surface area (Å²) in [6.07, 6.45) is 2.39. The Kier molecular flexibility index (Phi) is 5.89. The molecule has 0 saturated carbocycles. The number of hydrogen-bond donors (Lipinski definition) is 1. The Balaban J connectivity index is 2.27. The SMILES string of the molecule is CCCC(C)NCC(C)N1CCS(=O)(=O)CC1. The number of sulfone groups is 1. The van der Waals surface area contributed by atoms with E-state index in [-0.39, 0.29) is 0 Å². The first-order valence-corrected chi connectivity index (χ1v) is 8.44. The first kappa shape index (κ1) is 14.9. The first-order chi connectivity index (χ1) is 7.94. The minimum absolute atomic E-state index is 0.321. The van der Waals surface area contributed by atoms with Gasteiger partial charge < -0.3 is 5.32 Å². The highest BCUT2D eigenvalue weighted by Gasteiger charge is 2.24. The predicted molar refractivity (Wildman–Crippen MR) is 72.1 cm³/mol. The van der Waals surface area contributed by atoms with Gasteiger partial charge in [0.05, 0.1) is 11.5 Å². The molecule has 0 amide bonds. The molecule has 1 rings (SSSR count). The van der Waals surface area contributed by atoms with E-state index >= 15 is 0 Å². The summed E-state index contributed by atoms with van der Waals surface area (Å²) in [5.41, 5.74) is 0. The van der Waals surface area contributed by atoms with Crippen LogP contribution in [0.2, 0.25) is 0 Å². The van der Waals surface area contributed by atoms with Gasteiger partial charge in [-0.3, -0.25) is 4.90 Å². The molecule has 0 aliphatic carbocycles. The van der Waals surface area contributed by atoms with Gasteiger partial charge in [-0.1, -0.05) is 13.3 Å². The lowest BCUT2D eigenvalue weighted by molar-refractivity contribution is 0.216. The molecule has 1 fully saturated rings. The molecule has 2 unspecified atom stereocenters. The minimum Gasteiger partial charge on any atom is -0.313 e. The Morgan fingerprint density at radius 3 is 2.35 bits per heavy atom. The molecule has 0 radical (unpaired) electrons. The molecule has 0 aromatic carbocycles. The van der Waals surface area contributed by atoms with Crippen molar-refractivity contribution in [2.45, 2.75) is 45.7 Å². The average Bonchev–Trinajstić information content (AvgIpc) is 2.26. The van der Waals surface area contributed by atoms with Crippen LogP contribution in [0.25, 0.3) is 0 Å². The Bertz CT molecular complexity index is 302. The van der Waals surface area contributed by atoms with Crippen molar-refractivity contribution in [1.29, 1.82) is 0 Å². The summed E-state index contributed by atoms with van der Waals surface area (Å²) in [4.78, 5) is 2.27. The van der Waals surface area contributed by atoms with E-state index in [1.54, 1.807) is 0 Å².